The van der Waals surface area contributed by atoms with Gasteiger partial charge >= 0.3 is 5.97 Å². The Morgan fingerprint density at radius 3 is 2.88 bits per heavy atom. The number of aromatic nitrogens is 1. The largest absolute Gasteiger partial charge is 0.461 e. The lowest BCUT2D eigenvalue weighted by molar-refractivity contribution is 0.0515. The number of esters is 1. The molecule has 0 aliphatic carbocycles. The van der Waals surface area contributed by atoms with Crippen LogP contribution in [0.1, 0.15) is 28.7 Å². The van der Waals surface area contributed by atoms with E-state index in [4.69, 9.17) is 9.15 Å². The molecule has 2 aromatic rings. The molecule has 0 radical (unpaired) electrons. The number of aryl methyl sites for hydroxylation is 1. The van der Waals surface area contributed by atoms with Crippen molar-refractivity contribution in [3.8, 4) is 11.5 Å². The topological polar surface area (TPSA) is 67.6 Å². The van der Waals surface area contributed by atoms with Gasteiger partial charge in [0.25, 0.3) is 0 Å². The second-order valence-electron chi connectivity index (χ2n) is 5.91. The molecule has 0 spiro atoms. The molecule has 6 heteroatoms. The Kier molecular flexibility index (Phi) is 5.27. The molecule has 3 rings (SSSR count). The van der Waals surface area contributed by atoms with Crippen molar-refractivity contribution in [1.82, 2.24) is 15.2 Å². The van der Waals surface area contributed by atoms with Gasteiger partial charge in [0, 0.05) is 31.7 Å². The third-order valence-electron chi connectivity index (χ3n) is 4.01. The van der Waals surface area contributed by atoms with Crippen molar-refractivity contribution in [2.45, 2.75) is 20.4 Å². The first-order valence-corrected chi connectivity index (χ1v) is 8.34. The Bertz CT molecular complexity index is 705. The minimum atomic E-state index is -0.426. The Morgan fingerprint density at radius 1 is 1.38 bits per heavy atom. The number of hydrogen-bond acceptors (Lipinski definition) is 6. The number of benzene rings is 1. The SMILES string of the molecule is CCOC(=O)c1nc(-c2cccc(C)c2)oc1CN1CCNCC1. The van der Waals surface area contributed by atoms with E-state index in [0.29, 0.717) is 24.8 Å². The van der Waals surface area contributed by atoms with Crippen LogP contribution in [0.2, 0.25) is 0 Å². The molecule has 6 nitrogen and oxygen atoms in total. The molecule has 24 heavy (non-hydrogen) atoms. The summed E-state index contributed by atoms with van der Waals surface area (Å²) >= 11 is 0. The maximum Gasteiger partial charge on any atom is 0.360 e. The maximum absolute atomic E-state index is 12.2. The number of hydrogen-bond donors (Lipinski definition) is 1. The van der Waals surface area contributed by atoms with Gasteiger partial charge in [-0.1, -0.05) is 17.7 Å². The zero-order valence-corrected chi connectivity index (χ0v) is 14.2. The summed E-state index contributed by atoms with van der Waals surface area (Å²) in [6, 6.07) is 7.90. The highest BCUT2D eigenvalue weighted by Gasteiger charge is 2.24. The monoisotopic (exact) mass is 329 g/mol. The van der Waals surface area contributed by atoms with Crippen LogP contribution in [-0.2, 0) is 11.3 Å². The molecule has 1 aromatic heterocycles. The van der Waals surface area contributed by atoms with Crippen molar-refractivity contribution in [3.05, 3.63) is 41.3 Å². The summed E-state index contributed by atoms with van der Waals surface area (Å²) in [6.45, 7) is 8.40. The van der Waals surface area contributed by atoms with Crippen LogP contribution in [0, 0.1) is 6.92 Å². The average Bonchev–Trinajstić information content (AvgIpc) is 3.00. The molecule has 1 saturated heterocycles. The summed E-state index contributed by atoms with van der Waals surface area (Å²) in [6.07, 6.45) is 0. The van der Waals surface area contributed by atoms with E-state index >= 15 is 0 Å². The second-order valence-corrected chi connectivity index (χ2v) is 5.91. The lowest BCUT2D eigenvalue weighted by Crippen LogP contribution is -2.43. The minimum absolute atomic E-state index is 0.284. The van der Waals surface area contributed by atoms with Crippen LogP contribution in [0.3, 0.4) is 0 Å². The van der Waals surface area contributed by atoms with E-state index in [9.17, 15) is 4.79 Å². The zero-order valence-electron chi connectivity index (χ0n) is 14.2. The van der Waals surface area contributed by atoms with E-state index in [1.807, 2.05) is 31.2 Å². The summed E-state index contributed by atoms with van der Waals surface area (Å²) in [4.78, 5) is 18.9. The number of piperazine rings is 1. The molecule has 1 N–H and O–H groups in total. The molecule has 0 saturated carbocycles. The van der Waals surface area contributed by atoms with Gasteiger partial charge in [0.1, 0.15) is 0 Å². The lowest BCUT2D eigenvalue weighted by Gasteiger charge is -2.26. The summed E-state index contributed by atoms with van der Waals surface area (Å²) in [5.41, 5.74) is 2.27. The molecule has 2 heterocycles. The molecule has 0 unspecified atom stereocenters. The molecule has 0 atom stereocenters. The molecule has 1 aliphatic rings. The number of nitrogens with one attached hydrogen (secondary N) is 1. The van der Waals surface area contributed by atoms with E-state index in [2.05, 4.69) is 15.2 Å². The fourth-order valence-electron chi connectivity index (χ4n) is 2.79. The van der Waals surface area contributed by atoms with Crippen LogP contribution in [-0.4, -0.2) is 48.6 Å². The Hall–Kier alpha value is -2.18. The first kappa shape index (κ1) is 16.7. The van der Waals surface area contributed by atoms with Gasteiger partial charge < -0.3 is 14.5 Å². The third kappa shape index (κ3) is 3.83. The highest BCUT2D eigenvalue weighted by molar-refractivity contribution is 5.89. The van der Waals surface area contributed by atoms with Crippen LogP contribution < -0.4 is 5.32 Å². The van der Waals surface area contributed by atoms with Crippen LogP contribution in [0.4, 0.5) is 0 Å². The predicted octanol–water partition coefficient (Wildman–Crippen LogP) is 2.23. The smallest absolute Gasteiger partial charge is 0.360 e. The predicted molar refractivity (Wildman–Crippen MR) is 90.8 cm³/mol. The van der Waals surface area contributed by atoms with E-state index in [1.165, 1.54) is 0 Å². The number of oxazole rings is 1. The minimum Gasteiger partial charge on any atom is -0.461 e. The van der Waals surface area contributed by atoms with Gasteiger partial charge in [-0.05, 0) is 26.0 Å². The second kappa shape index (κ2) is 7.59. The normalized spacial score (nSPS) is 15.4. The van der Waals surface area contributed by atoms with Crippen molar-refractivity contribution in [3.63, 3.8) is 0 Å². The van der Waals surface area contributed by atoms with Gasteiger partial charge in [-0.15, -0.1) is 0 Å². The summed E-state index contributed by atoms with van der Waals surface area (Å²) < 4.78 is 11.1. The molecular weight excluding hydrogens is 306 g/mol. The molecule has 1 fully saturated rings. The Morgan fingerprint density at radius 2 is 2.17 bits per heavy atom. The van der Waals surface area contributed by atoms with Crippen LogP contribution >= 0.6 is 0 Å². The third-order valence-corrected chi connectivity index (χ3v) is 4.01. The molecule has 1 aliphatic heterocycles. The van der Waals surface area contributed by atoms with Gasteiger partial charge in [0.2, 0.25) is 5.89 Å². The van der Waals surface area contributed by atoms with E-state index in [0.717, 1.165) is 37.3 Å². The van der Waals surface area contributed by atoms with E-state index in [-0.39, 0.29) is 5.69 Å². The van der Waals surface area contributed by atoms with Crippen LogP contribution in [0.25, 0.3) is 11.5 Å². The number of nitrogens with zero attached hydrogens (tertiary/aromatic N) is 2. The average molecular weight is 329 g/mol. The van der Waals surface area contributed by atoms with Gasteiger partial charge in [-0.25, -0.2) is 9.78 Å². The zero-order chi connectivity index (χ0) is 16.9. The summed E-state index contributed by atoms with van der Waals surface area (Å²) in [7, 11) is 0. The summed E-state index contributed by atoms with van der Waals surface area (Å²) in [5.74, 6) is 0.615. The van der Waals surface area contributed by atoms with Crippen molar-refractivity contribution < 1.29 is 13.9 Å². The summed E-state index contributed by atoms with van der Waals surface area (Å²) in [5, 5.41) is 3.32. The van der Waals surface area contributed by atoms with Crippen molar-refractivity contribution in [1.29, 1.82) is 0 Å². The van der Waals surface area contributed by atoms with E-state index in [1.54, 1.807) is 6.92 Å². The molecule has 0 bridgehead atoms. The lowest BCUT2D eigenvalue weighted by atomic mass is 10.1. The number of rotatable bonds is 5. The van der Waals surface area contributed by atoms with Gasteiger partial charge in [0.05, 0.1) is 13.2 Å². The van der Waals surface area contributed by atoms with Gasteiger partial charge in [-0.3, -0.25) is 4.90 Å². The van der Waals surface area contributed by atoms with Gasteiger partial charge in [-0.2, -0.15) is 0 Å². The molecular formula is C18H23N3O3. The standard InChI is InChI=1S/C18H23N3O3/c1-3-23-18(22)16-15(12-21-9-7-19-8-10-21)24-17(20-16)14-6-4-5-13(2)11-14/h4-6,11,19H,3,7-10,12H2,1-2H3. The maximum atomic E-state index is 12.2. The Labute approximate surface area is 141 Å². The number of carbonyl (C=O) groups excluding carboxylic acids is 1. The first-order chi connectivity index (χ1) is 11.7. The molecule has 1 aromatic carbocycles. The first-order valence-electron chi connectivity index (χ1n) is 8.34. The number of carbonyl (C=O) groups is 1. The van der Waals surface area contributed by atoms with Crippen molar-refractivity contribution in [2.75, 3.05) is 32.8 Å². The fourth-order valence-corrected chi connectivity index (χ4v) is 2.79. The highest BCUT2D eigenvalue weighted by Crippen LogP contribution is 2.24. The van der Waals surface area contributed by atoms with Gasteiger partial charge in [0.15, 0.2) is 11.5 Å². The van der Waals surface area contributed by atoms with Crippen LogP contribution in [0.5, 0.6) is 0 Å². The van der Waals surface area contributed by atoms with E-state index < -0.39 is 5.97 Å². The molecule has 0 amide bonds. The quantitative estimate of drug-likeness (QED) is 0.849. The van der Waals surface area contributed by atoms with Crippen molar-refractivity contribution >= 4 is 5.97 Å². The molecule has 128 valence electrons. The number of ether oxygens (including phenoxy) is 1. The van der Waals surface area contributed by atoms with Crippen molar-refractivity contribution in [2.24, 2.45) is 0 Å². The highest BCUT2D eigenvalue weighted by atomic mass is 16.5. The fraction of sp³-hybridized carbons (Fsp3) is 0.444. The Balaban J connectivity index is 1.90. The van der Waals surface area contributed by atoms with Crippen LogP contribution in [0.15, 0.2) is 28.7 Å².